The highest BCUT2D eigenvalue weighted by Gasteiger charge is 2.35. The van der Waals surface area contributed by atoms with Crippen molar-refractivity contribution < 1.29 is 31.8 Å². The molecule has 0 bridgehead atoms. The lowest BCUT2D eigenvalue weighted by molar-refractivity contribution is -0.275. The molecule has 0 saturated carbocycles. The molecule has 0 aliphatic carbocycles. The number of hydrogen-bond acceptors (Lipinski definition) is 3. The minimum Gasteiger partial charge on any atom is -0.403 e. The van der Waals surface area contributed by atoms with Crippen molar-refractivity contribution in [2.24, 2.45) is 0 Å². The Morgan fingerprint density at radius 2 is 2.00 bits per heavy atom. The number of pyridine rings is 1. The lowest BCUT2D eigenvalue weighted by Crippen LogP contribution is -2.20. The van der Waals surface area contributed by atoms with Crippen molar-refractivity contribution in [3.8, 4) is 5.75 Å². The molecule has 0 amide bonds. The Kier molecular flexibility index (Phi) is 4.69. The first-order valence-corrected chi connectivity index (χ1v) is 5.05. The summed E-state index contributed by atoms with van der Waals surface area (Å²) in [6.45, 7) is -0.699. The Hall–Kier alpha value is -1.15. The fraction of sp³-hybridized carbons (Fsp3) is 0.444. The lowest BCUT2D eigenvalue weighted by atomic mass is 10.2. The Labute approximate surface area is 103 Å². The predicted octanol–water partition coefficient (Wildman–Crippen LogP) is 3.15. The monoisotopic (exact) mass is 291 g/mol. The summed E-state index contributed by atoms with van der Waals surface area (Å²) >= 11 is 5.36. The van der Waals surface area contributed by atoms with Crippen LogP contribution in [0.1, 0.15) is 23.4 Å². The Morgan fingerprint density at radius 1 is 1.39 bits per heavy atom. The number of nitrogens with zero attached hydrogens (tertiary/aromatic N) is 1. The third-order valence-electron chi connectivity index (χ3n) is 1.86. The normalized spacial score (nSPS) is 12.0. The molecular weight excluding hydrogens is 285 g/mol. The van der Waals surface area contributed by atoms with Crippen molar-refractivity contribution in [1.82, 2.24) is 4.98 Å². The highest BCUT2D eigenvalue weighted by Crippen LogP contribution is 2.35. The molecule has 3 nitrogen and oxygen atoms in total. The molecule has 0 unspecified atom stereocenters. The minimum atomic E-state index is -5.13. The molecule has 102 valence electrons. The Balaban J connectivity index is 3.35. The van der Waals surface area contributed by atoms with Crippen molar-refractivity contribution in [1.29, 1.82) is 0 Å². The van der Waals surface area contributed by atoms with Crippen LogP contribution in [0.2, 0.25) is 0 Å². The molecule has 0 radical (unpaired) electrons. The van der Waals surface area contributed by atoms with E-state index in [0.29, 0.717) is 0 Å². The van der Waals surface area contributed by atoms with Gasteiger partial charge in [0.05, 0.1) is 18.2 Å². The van der Waals surface area contributed by atoms with Crippen LogP contribution in [0.3, 0.4) is 0 Å². The van der Waals surface area contributed by atoms with E-state index in [1.165, 1.54) is 0 Å². The molecule has 1 rings (SSSR count). The van der Waals surface area contributed by atoms with Gasteiger partial charge in [0.15, 0.2) is 5.75 Å². The van der Waals surface area contributed by atoms with Gasteiger partial charge in [0.25, 0.3) is 6.43 Å². The van der Waals surface area contributed by atoms with Gasteiger partial charge >= 0.3 is 6.36 Å². The summed E-state index contributed by atoms with van der Waals surface area (Å²) in [7, 11) is 0. The number of aromatic nitrogens is 1. The van der Waals surface area contributed by atoms with Crippen LogP contribution in [0.4, 0.5) is 22.0 Å². The van der Waals surface area contributed by atoms with E-state index < -0.39 is 36.7 Å². The number of aliphatic hydroxyl groups excluding tert-OH is 1. The number of aliphatic hydroxyl groups is 1. The molecule has 0 aromatic carbocycles. The highest BCUT2D eigenvalue weighted by atomic mass is 35.5. The predicted molar refractivity (Wildman–Crippen MR) is 51.4 cm³/mol. The first-order valence-electron chi connectivity index (χ1n) is 4.52. The summed E-state index contributed by atoms with van der Waals surface area (Å²) in [6, 6.07) is 0.972. The van der Waals surface area contributed by atoms with Crippen molar-refractivity contribution in [3.05, 3.63) is 23.0 Å². The molecule has 0 saturated heterocycles. The van der Waals surface area contributed by atoms with Gasteiger partial charge in [-0.1, -0.05) is 0 Å². The molecule has 0 fully saturated rings. The maximum absolute atomic E-state index is 12.6. The average Bonchev–Trinajstić information content (AvgIpc) is 2.26. The molecule has 0 spiro atoms. The van der Waals surface area contributed by atoms with E-state index in [-0.39, 0.29) is 11.3 Å². The zero-order valence-corrected chi connectivity index (χ0v) is 9.40. The van der Waals surface area contributed by atoms with E-state index in [4.69, 9.17) is 16.7 Å². The minimum absolute atomic E-state index is 0.213. The maximum Gasteiger partial charge on any atom is 0.573 e. The summed E-state index contributed by atoms with van der Waals surface area (Å²) in [5, 5.41) is 8.77. The second-order valence-corrected chi connectivity index (χ2v) is 3.39. The number of ether oxygens (including phenoxy) is 1. The van der Waals surface area contributed by atoms with Gasteiger partial charge in [-0.3, -0.25) is 0 Å². The van der Waals surface area contributed by atoms with Gasteiger partial charge in [0.1, 0.15) is 5.69 Å². The molecule has 1 aromatic heterocycles. The van der Waals surface area contributed by atoms with Gasteiger partial charge < -0.3 is 9.84 Å². The van der Waals surface area contributed by atoms with E-state index in [2.05, 4.69) is 9.72 Å². The Morgan fingerprint density at radius 3 is 2.39 bits per heavy atom. The van der Waals surface area contributed by atoms with Crippen molar-refractivity contribution in [3.63, 3.8) is 0 Å². The number of halogens is 6. The smallest absolute Gasteiger partial charge is 0.403 e. The molecule has 18 heavy (non-hydrogen) atoms. The molecule has 9 heteroatoms. The van der Waals surface area contributed by atoms with Gasteiger partial charge in [-0.2, -0.15) is 0 Å². The number of alkyl halides is 6. The second-order valence-electron chi connectivity index (χ2n) is 3.13. The molecule has 1 aromatic rings. The van der Waals surface area contributed by atoms with Gasteiger partial charge in [0, 0.05) is 5.56 Å². The van der Waals surface area contributed by atoms with Crippen molar-refractivity contribution in [2.75, 3.05) is 0 Å². The first-order chi connectivity index (χ1) is 8.28. The number of hydrogen-bond donors (Lipinski definition) is 1. The van der Waals surface area contributed by atoms with Gasteiger partial charge in [-0.25, -0.2) is 13.8 Å². The largest absolute Gasteiger partial charge is 0.573 e. The average molecular weight is 292 g/mol. The third-order valence-corrected chi connectivity index (χ3v) is 2.15. The van der Waals surface area contributed by atoms with E-state index in [0.717, 1.165) is 6.07 Å². The van der Waals surface area contributed by atoms with Crippen LogP contribution in [0, 0.1) is 0 Å². The Bertz CT molecular complexity index is 424. The van der Waals surface area contributed by atoms with E-state index in [1.54, 1.807) is 0 Å². The number of rotatable bonds is 4. The van der Waals surface area contributed by atoms with E-state index in [1.807, 2.05) is 0 Å². The standard InChI is InChI=1S/C9H7ClF5NO2/c10-2-4-1-5(3-17)16-6(8(11)12)7(4)18-9(13,14)15/h1,8,17H,2-3H2. The van der Waals surface area contributed by atoms with Crippen LogP contribution in [-0.4, -0.2) is 16.5 Å². The maximum atomic E-state index is 12.6. The fourth-order valence-corrected chi connectivity index (χ4v) is 1.43. The molecule has 1 N–H and O–H groups in total. The van der Waals surface area contributed by atoms with Gasteiger partial charge in [-0.15, -0.1) is 24.8 Å². The van der Waals surface area contributed by atoms with Crippen LogP contribution in [0.25, 0.3) is 0 Å². The second kappa shape index (κ2) is 5.66. The third kappa shape index (κ3) is 3.67. The first kappa shape index (κ1) is 14.9. The summed E-state index contributed by atoms with van der Waals surface area (Å²) < 4.78 is 65.0. The zero-order chi connectivity index (χ0) is 13.9. The summed E-state index contributed by atoms with van der Waals surface area (Å²) in [6.07, 6.45) is -8.41. The summed E-state index contributed by atoms with van der Waals surface area (Å²) in [5.41, 5.74) is -1.73. The van der Waals surface area contributed by atoms with Crippen LogP contribution < -0.4 is 4.74 Å². The van der Waals surface area contributed by atoms with Crippen molar-refractivity contribution in [2.45, 2.75) is 25.3 Å². The molecular formula is C9H7ClF5NO2. The van der Waals surface area contributed by atoms with Crippen LogP contribution in [0.5, 0.6) is 5.75 Å². The van der Waals surface area contributed by atoms with Gasteiger partial charge in [0.2, 0.25) is 0 Å². The topological polar surface area (TPSA) is 42.4 Å². The van der Waals surface area contributed by atoms with Gasteiger partial charge in [-0.05, 0) is 6.07 Å². The molecule has 0 aliphatic heterocycles. The summed E-state index contributed by atoms with van der Waals surface area (Å²) in [5.74, 6) is -1.61. The quantitative estimate of drug-likeness (QED) is 0.684. The summed E-state index contributed by atoms with van der Waals surface area (Å²) in [4.78, 5) is 3.20. The molecule has 0 aliphatic rings. The van der Waals surface area contributed by atoms with Crippen molar-refractivity contribution >= 4 is 11.6 Å². The zero-order valence-electron chi connectivity index (χ0n) is 8.64. The molecule has 1 heterocycles. The van der Waals surface area contributed by atoms with E-state index >= 15 is 0 Å². The van der Waals surface area contributed by atoms with Crippen LogP contribution in [-0.2, 0) is 12.5 Å². The van der Waals surface area contributed by atoms with E-state index in [9.17, 15) is 22.0 Å². The van der Waals surface area contributed by atoms with Crippen LogP contribution in [0.15, 0.2) is 6.07 Å². The fourth-order valence-electron chi connectivity index (χ4n) is 1.23. The lowest BCUT2D eigenvalue weighted by Gasteiger charge is -2.16. The molecule has 0 atom stereocenters. The van der Waals surface area contributed by atoms with Crippen LogP contribution >= 0.6 is 11.6 Å². The highest BCUT2D eigenvalue weighted by molar-refractivity contribution is 6.17. The SMILES string of the molecule is OCc1cc(CCl)c(OC(F)(F)F)c(C(F)F)n1.